The second-order valence-electron chi connectivity index (χ2n) is 4.34. The van der Waals surface area contributed by atoms with Gasteiger partial charge in [-0.05, 0) is 28.8 Å². The maximum absolute atomic E-state index is 9.60. The Labute approximate surface area is 114 Å². The van der Waals surface area contributed by atoms with Crippen LogP contribution < -0.4 is 5.32 Å². The van der Waals surface area contributed by atoms with Gasteiger partial charge in [-0.1, -0.05) is 13.8 Å². The monoisotopic (exact) mass is 312 g/mol. The van der Waals surface area contributed by atoms with Crippen LogP contribution in [0.4, 0.5) is 5.82 Å². The molecule has 98 valence electrons. The second kappa shape index (κ2) is 5.24. The number of nitrogens with one attached hydrogen (secondary N) is 1. The zero-order chi connectivity index (χ0) is 13.2. The van der Waals surface area contributed by atoms with Crippen molar-refractivity contribution in [3.05, 3.63) is 23.2 Å². The third-order valence-electron chi connectivity index (χ3n) is 3.38. The van der Waals surface area contributed by atoms with E-state index in [0.717, 1.165) is 23.1 Å². The number of hydrogen-bond acceptors (Lipinski definition) is 4. The Balaban J connectivity index is 2.44. The van der Waals surface area contributed by atoms with Gasteiger partial charge in [0.05, 0.1) is 12.1 Å². The lowest BCUT2D eigenvalue weighted by atomic mass is 9.94. The number of aliphatic hydroxyl groups excluding tert-OH is 1. The molecule has 0 aliphatic heterocycles. The van der Waals surface area contributed by atoms with Crippen molar-refractivity contribution >= 4 is 27.4 Å². The van der Waals surface area contributed by atoms with E-state index in [0.29, 0.717) is 5.82 Å². The first-order valence-corrected chi connectivity index (χ1v) is 6.81. The van der Waals surface area contributed by atoms with Crippen molar-refractivity contribution in [1.82, 2.24) is 14.4 Å². The Morgan fingerprint density at radius 1 is 1.44 bits per heavy atom. The highest BCUT2D eigenvalue weighted by molar-refractivity contribution is 9.10. The number of hydrogen-bond donors (Lipinski definition) is 2. The van der Waals surface area contributed by atoms with E-state index in [9.17, 15) is 5.11 Å². The molecule has 0 aromatic carbocycles. The molecule has 2 heterocycles. The molecule has 0 atom stereocenters. The van der Waals surface area contributed by atoms with Gasteiger partial charge in [0.1, 0.15) is 4.60 Å². The molecule has 0 fully saturated rings. The van der Waals surface area contributed by atoms with E-state index in [2.05, 4.69) is 31.2 Å². The SMILES string of the molecule is CCC(CC)(CO)Nc1nc(Br)cn2ccnc12. The zero-order valence-corrected chi connectivity index (χ0v) is 12.1. The Kier molecular flexibility index (Phi) is 3.87. The maximum Gasteiger partial charge on any atom is 0.180 e. The normalized spacial score (nSPS) is 12.0. The highest BCUT2D eigenvalue weighted by Crippen LogP contribution is 2.24. The molecule has 0 radical (unpaired) electrons. The number of fused-ring (bicyclic) bond motifs is 1. The first-order chi connectivity index (χ1) is 8.64. The van der Waals surface area contributed by atoms with Crippen LogP contribution in [0.3, 0.4) is 0 Å². The van der Waals surface area contributed by atoms with Crippen molar-refractivity contribution in [1.29, 1.82) is 0 Å². The van der Waals surface area contributed by atoms with Crippen molar-refractivity contribution in [3.8, 4) is 0 Å². The summed E-state index contributed by atoms with van der Waals surface area (Å²) in [6, 6.07) is 0. The van der Waals surface area contributed by atoms with E-state index in [4.69, 9.17) is 0 Å². The highest BCUT2D eigenvalue weighted by Gasteiger charge is 2.26. The average molecular weight is 313 g/mol. The number of rotatable bonds is 5. The molecule has 5 nitrogen and oxygen atoms in total. The Hall–Kier alpha value is -1.14. The maximum atomic E-state index is 9.60. The summed E-state index contributed by atoms with van der Waals surface area (Å²) >= 11 is 3.38. The van der Waals surface area contributed by atoms with E-state index in [1.165, 1.54) is 0 Å². The van der Waals surface area contributed by atoms with Gasteiger partial charge >= 0.3 is 0 Å². The summed E-state index contributed by atoms with van der Waals surface area (Å²) in [5, 5.41) is 12.9. The fourth-order valence-corrected chi connectivity index (χ4v) is 2.32. The molecule has 0 spiro atoms. The van der Waals surface area contributed by atoms with Crippen LogP contribution in [0.5, 0.6) is 0 Å². The number of nitrogens with zero attached hydrogens (tertiary/aromatic N) is 3. The number of anilines is 1. The van der Waals surface area contributed by atoms with Crippen molar-refractivity contribution in [2.24, 2.45) is 0 Å². The molecule has 6 heteroatoms. The molecule has 18 heavy (non-hydrogen) atoms. The van der Waals surface area contributed by atoms with Crippen LogP contribution in [-0.2, 0) is 0 Å². The van der Waals surface area contributed by atoms with Gasteiger partial charge in [-0.15, -0.1) is 0 Å². The third kappa shape index (κ3) is 2.35. The van der Waals surface area contributed by atoms with Gasteiger partial charge in [0, 0.05) is 18.6 Å². The Morgan fingerprint density at radius 2 is 2.17 bits per heavy atom. The van der Waals surface area contributed by atoms with Gasteiger partial charge in [0.15, 0.2) is 11.5 Å². The van der Waals surface area contributed by atoms with E-state index in [1.807, 2.05) is 30.6 Å². The minimum atomic E-state index is -0.347. The molecule has 0 amide bonds. The molecule has 2 N–H and O–H groups in total. The number of aromatic nitrogens is 3. The number of halogens is 1. The summed E-state index contributed by atoms with van der Waals surface area (Å²) in [4.78, 5) is 8.70. The van der Waals surface area contributed by atoms with Crippen LogP contribution in [0, 0.1) is 0 Å². The second-order valence-corrected chi connectivity index (χ2v) is 5.15. The molecule has 0 unspecified atom stereocenters. The van der Waals surface area contributed by atoms with Crippen LogP contribution in [0.25, 0.3) is 5.65 Å². The van der Waals surface area contributed by atoms with E-state index in [1.54, 1.807) is 6.20 Å². The van der Waals surface area contributed by atoms with Gasteiger partial charge in [0.2, 0.25) is 0 Å². The molecule has 2 aromatic heterocycles. The zero-order valence-electron chi connectivity index (χ0n) is 10.5. The summed E-state index contributed by atoms with van der Waals surface area (Å²) in [7, 11) is 0. The first kappa shape index (κ1) is 13.3. The number of imidazole rings is 1. The van der Waals surface area contributed by atoms with Crippen LogP contribution in [0.1, 0.15) is 26.7 Å². The summed E-state index contributed by atoms with van der Waals surface area (Å²) in [5.74, 6) is 0.687. The summed E-state index contributed by atoms with van der Waals surface area (Å²) in [5.41, 5.74) is 0.415. The topological polar surface area (TPSA) is 62.5 Å². The van der Waals surface area contributed by atoms with Crippen molar-refractivity contribution < 1.29 is 5.11 Å². The fraction of sp³-hybridized carbons (Fsp3) is 0.500. The fourth-order valence-electron chi connectivity index (χ4n) is 1.93. The predicted octanol–water partition coefficient (Wildman–Crippen LogP) is 2.45. The molecule has 0 saturated heterocycles. The van der Waals surface area contributed by atoms with E-state index in [-0.39, 0.29) is 12.1 Å². The molecule has 0 bridgehead atoms. The van der Waals surface area contributed by atoms with E-state index >= 15 is 0 Å². The minimum absolute atomic E-state index is 0.0705. The molecular weight excluding hydrogens is 296 g/mol. The quantitative estimate of drug-likeness (QED) is 0.890. The molecule has 0 aliphatic rings. The lowest BCUT2D eigenvalue weighted by molar-refractivity contribution is 0.202. The molecule has 0 saturated carbocycles. The van der Waals surface area contributed by atoms with Crippen molar-refractivity contribution in [2.45, 2.75) is 32.2 Å². The van der Waals surface area contributed by atoms with Gasteiger partial charge in [-0.25, -0.2) is 9.97 Å². The van der Waals surface area contributed by atoms with Crippen molar-refractivity contribution in [2.75, 3.05) is 11.9 Å². The van der Waals surface area contributed by atoms with Crippen LogP contribution in [-0.4, -0.2) is 31.6 Å². The smallest absolute Gasteiger partial charge is 0.180 e. The highest BCUT2D eigenvalue weighted by atomic mass is 79.9. The predicted molar refractivity (Wildman–Crippen MR) is 74.7 cm³/mol. The summed E-state index contributed by atoms with van der Waals surface area (Å²) in [6.45, 7) is 4.17. The van der Waals surface area contributed by atoms with E-state index < -0.39 is 0 Å². The van der Waals surface area contributed by atoms with Gasteiger partial charge in [0.25, 0.3) is 0 Å². The van der Waals surface area contributed by atoms with Gasteiger partial charge in [-0.3, -0.25) is 0 Å². The van der Waals surface area contributed by atoms with Crippen LogP contribution >= 0.6 is 15.9 Å². The first-order valence-electron chi connectivity index (χ1n) is 6.02. The average Bonchev–Trinajstić information content (AvgIpc) is 2.84. The van der Waals surface area contributed by atoms with Crippen LogP contribution in [0.15, 0.2) is 23.2 Å². The molecule has 2 aromatic rings. The Bertz CT molecular complexity index is 528. The lowest BCUT2D eigenvalue weighted by Gasteiger charge is -2.31. The minimum Gasteiger partial charge on any atom is -0.394 e. The van der Waals surface area contributed by atoms with Gasteiger partial charge < -0.3 is 14.8 Å². The summed E-state index contributed by atoms with van der Waals surface area (Å²) in [6.07, 6.45) is 7.09. The number of aliphatic hydroxyl groups is 1. The lowest BCUT2D eigenvalue weighted by Crippen LogP contribution is -2.41. The standard InChI is InChI=1S/C12H17BrN4O/c1-3-12(4-2,8-18)16-10-11-14-5-6-17(11)7-9(13)15-10/h5-7,18H,3-4,8H2,1-2H3,(H,15,16). The largest absolute Gasteiger partial charge is 0.394 e. The summed E-state index contributed by atoms with van der Waals surface area (Å²) < 4.78 is 2.63. The van der Waals surface area contributed by atoms with Crippen LogP contribution in [0.2, 0.25) is 0 Å². The van der Waals surface area contributed by atoms with Crippen molar-refractivity contribution in [3.63, 3.8) is 0 Å². The van der Waals surface area contributed by atoms with Gasteiger partial charge in [-0.2, -0.15) is 0 Å². The molecule has 0 aliphatic carbocycles. The molecule has 2 rings (SSSR count). The molecular formula is C12H17BrN4O. The third-order valence-corrected chi connectivity index (χ3v) is 3.77. The Morgan fingerprint density at radius 3 is 2.78 bits per heavy atom.